The number of nitrogens with zero attached hydrogens (tertiary/aromatic N) is 2. The third kappa shape index (κ3) is 4.93. The number of carbonyl (C=O) groups is 2. The molecule has 7 nitrogen and oxygen atoms in total. The minimum Gasteiger partial charge on any atom is -0.364 e. The fraction of sp³-hybridized carbons (Fsp3) is 0.867. The molecule has 2 amide bonds. The molecule has 2 atom stereocenters. The third-order valence-electron chi connectivity index (χ3n) is 3.67. The highest BCUT2D eigenvalue weighted by atomic mass is 16.5. The highest BCUT2D eigenvalue weighted by Gasteiger charge is 2.45. The van der Waals surface area contributed by atoms with Gasteiger partial charge in [0.05, 0.1) is 6.04 Å². The molecule has 1 saturated heterocycles. The number of amides is 2. The van der Waals surface area contributed by atoms with E-state index in [2.05, 4.69) is 6.92 Å². The second-order valence-corrected chi connectivity index (χ2v) is 5.34. The maximum absolute atomic E-state index is 12.5. The number of urea groups is 1. The maximum Gasteiger partial charge on any atom is 0.326 e. The summed E-state index contributed by atoms with van der Waals surface area (Å²) in [6.07, 6.45) is 4.41. The number of aldehydes is 1. The molecular formula is C15H28N2O5. The fourth-order valence-corrected chi connectivity index (χ4v) is 2.59. The first-order valence-corrected chi connectivity index (χ1v) is 7.81. The largest absolute Gasteiger partial charge is 0.364 e. The van der Waals surface area contributed by atoms with Crippen molar-refractivity contribution in [3.8, 4) is 0 Å². The number of hydrogen-bond donors (Lipinski definition) is 0. The van der Waals surface area contributed by atoms with Gasteiger partial charge in [-0.15, -0.1) is 0 Å². The number of hydrogen-bond acceptors (Lipinski definition) is 5. The van der Waals surface area contributed by atoms with Gasteiger partial charge in [0, 0.05) is 27.2 Å². The van der Waals surface area contributed by atoms with Crippen LogP contribution in [-0.4, -0.2) is 68.7 Å². The lowest BCUT2D eigenvalue weighted by molar-refractivity contribution is -0.108. The van der Waals surface area contributed by atoms with Crippen molar-refractivity contribution < 1.29 is 23.8 Å². The molecule has 128 valence electrons. The molecule has 22 heavy (non-hydrogen) atoms. The third-order valence-corrected chi connectivity index (χ3v) is 3.67. The molecule has 0 aromatic rings. The lowest BCUT2D eigenvalue weighted by Gasteiger charge is -2.27. The summed E-state index contributed by atoms with van der Waals surface area (Å²) in [4.78, 5) is 26.3. The van der Waals surface area contributed by atoms with Gasteiger partial charge in [0.1, 0.15) is 19.7 Å². The van der Waals surface area contributed by atoms with E-state index < -0.39 is 0 Å². The number of methoxy groups -OCH3 is 2. The van der Waals surface area contributed by atoms with E-state index in [1.807, 2.05) is 0 Å². The smallest absolute Gasteiger partial charge is 0.326 e. The standard InChI is InChI=1S/C15H28N2O5/c1-4-5-10-22-14-13(8-6-7-9-18)16(11-20-2)15(19)17(14)12-21-3/h9,13-14H,4-8,10-12H2,1-3H3. The first-order valence-electron chi connectivity index (χ1n) is 7.81. The van der Waals surface area contributed by atoms with Crippen molar-refractivity contribution in [1.29, 1.82) is 0 Å². The summed E-state index contributed by atoms with van der Waals surface area (Å²) < 4.78 is 16.2. The van der Waals surface area contributed by atoms with Crippen LogP contribution in [0.4, 0.5) is 4.79 Å². The molecule has 0 N–H and O–H groups in total. The van der Waals surface area contributed by atoms with Gasteiger partial charge in [-0.05, 0) is 19.3 Å². The summed E-state index contributed by atoms with van der Waals surface area (Å²) in [6, 6.07) is -0.277. The Bertz CT molecular complexity index is 340. The van der Waals surface area contributed by atoms with Gasteiger partial charge >= 0.3 is 6.03 Å². The van der Waals surface area contributed by atoms with Crippen LogP contribution in [0.3, 0.4) is 0 Å². The average Bonchev–Trinajstić information content (AvgIpc) is 2.75. The van der Waals surface area contributed by atoms with E-state index in [0.717, 1.165) is 25.5 Å². The highest BCUT2D eigenvalue weighted by molar-refractivity contribution is 5.77. The first-order chi connectivity index (χ1) is 10.7. The average molecular weight is 316 g/mol. The van der Waals surface area contributed by atoms with Crippen molar-refractivity contribution in [2.45, 2.75) is 51.3 Å². The minimum atomic E-state index is -0.360. The van der Waals surface area contributed by atoms with Gasteiger partial charge in [-0.3, -0.25) is 9.80 Å². The number of carbonyl (C=O) groups excluding carboxylic acids is 2. The predicted octanol–water partition coefficient (Wildman–Crippen LogP) is 1.81. The van der Waals surface area contributed by atoms with E-state index in [9.17, 15) is 9.59 Å². The van der Waals surface area contributed by atoms with Crippen LogP contribution < -0.4 is 0 Å². The summed E-state index contributed by atoms with van der Waals surface area (Å²) in [7, 11) is 3.11. The van der Waals surface area contributed by atoms with Crippen LogP contribution in [0.2, 0.25) is 0 Å². The van der Waals surface area contributed by atoms with Gasteiger partial charge in [0.25, 0.3) is 0 Å². The molecule has 0 spiro atoms. The molecule has 0 aliphatic carbocycles. The Hall–Kier alpha value is -1.18. The predicted molar refractivity (Wildman–Crippen MR) is 81.2 cm³/mol. The van der Waals surface area contributed by atoms with Gasteiger partial charge < -0.3 is 19.0 Å². The van der Waals surface area contributed by atoms with Crippen LogP contribution in [0.5, 0.6) is 0 Å². The minimum absolute atomic E-state index is 0.126. The molecule has 1 aliphatic heterocycles. The Morgan fingerprint density at radius 3 is 2.41 bits per heavy atom. The van der Waals surface area contributed by atoms with Crippen LogP contribution >= 0.6 is 0 Å². The summed E-state index contributed by atoms with van der Waals surface area (Å²) in [5, 5.41) is 0. The fourth-order valence-electron chi connectivity index (χ4n) is 2.59. The van der Waals surface area contributed by atoms with E-state index in [4.69, 9.17) is 14.2 Å². The summed E-state index contributed by atoms with van der Waals surface area (Å²) in [5.41, 5.74) is 0. The second-order valence-electron chi connectivity index (χ2n) is 5.34. The van der Waals surface area contributed by atoms with Gasteiger partial charge in [0.2, 0.25) is 0 Å². The van der Waals surface area contributed by atoms with Gasteiger partial charge in [-0.25, -0.2) is 4.79 Å². The summed E-state index contributed by atoms with van der Waals surface area (Å²) in [5.74, 6) is 0. The zero-order chi connectivity index (χ0) is 16.4. The topological polar surface area (TPSA) is 68.3 Å². The molecule has 0 radical (unpaired) electrons. The lowest BCUT2D eigenvalue weighted by Crippen LogP contribution is -2.41. The van der Waals surface area contributed by atoms with Gasteiger partial charge in [-0.2, -0.15) is 0 Å². The van der Waals surface area contributed by atoms with E-state index in [0.29, 0.717) is 19.4 Å². The molecule has 7 heteroatoms. The molecule has 1 rings (SSSR count). The molecule has 1 fully saturated rings. The molecule has 1 heterocycles. The SMILES string of the molecule is CCCCOC1C(CCCC=O)N(COC)C(=O)N1COC. The molecule has 0 aromatic carbocycles. The van der Waals surface area contributed by atoms with E-state index in [1.165, 1.54) is 0 Å². The van der Waals surface area contributed by atoms with Crippen molar-refractivity contribution in [1.82, 2.24) is 9.80 Å². The van der Waals surface area contributed by atoms with Crippen LogP contribution in [0.15, 0.2) is 0 Å². The summed E-state index contributed by atoms with van der Waals surface area (Å²) >= 11 is 0. The molecule has 0 aromatic heterocycles. The Kier molecular flexibility index (Phi) is 9.03. The summed E-state index contributed by atoms with van der Waals surface area (Å²) in [6.45, 7) is 3.08. The number of rotatable bonds is 12. The van der Waals surface area contributed by atoms with Crippen LogP contribution in [-0.2, 0) is 19.0 Å². The van der Waals surface area contributed by atoms with Crippen molar-refractivity contribution >= 4 is 12.3 Å². The zero-order valence-corrected chi connectivity index (χ0v) is 13.8. The van der Waals surface area contributed by atoms with Crippen molar-refractivity contribution in [3.05, 3.63) is 0 Å². The van der Waals surface area contributed by atoms with Crippen molar-refractivity contribution in [2.75, 3.05) is 34.3 Å². The number of unbranched alkanes of at least 4 members (excludes halogenated alkanes) is 2. The molecule has 1 aliphatic rings. The van der Waals surface area contributed by atoms with Crippen molar-refractivity contribution in [3.63, 3.8) is 0 Å². The van der Waals surface area contributed by atoms with E-state index in [-0.39, 0.29) is 31.8 Å². The maximum atomic E-state index is 12.5. The Balaban J connectivity index is 2.82. The van der Waals surface area contributed by atoms with Crippen LogP contribution in [0.25, 0.3) is 0 Å². The molecule has 0 saturated carbocycles. The van der Waals surface area contributed by atoms with Crippen LogP contribution in [0.1, 0.15) is 39.0 Å². The lowest BCUT2D eigenvalue weighted by atomic mass is 10.1. The van der Waals surface area contributed by atoms with Crippen molar-refractivity contribution in [2.24, 2.45) is 0 Å². The molecule has 0 bridgehead atoms. The van der Waals surface area contributed by atoms with Crippen LogP contribution in [0, 0.1) is 0 Å². The monoisotopic (exact) mass is 316 g/mol. The quantitative estimate of drug-likeness (QED) is 0.406. The zero-order valence-electron chi connectivity index (χ0n) is 13.8. The Morgan fingerprint density at radius 1 is 1.14 bits per heavy atom. The molecular weight excluding hydrogens is 288 g/mol. The van der Waals surface area contributed by atoms with Gasteiger partial charge in [0.15, 0.2) is 6.23 Å². The molecule has 2 unspecified atom stereocenters. The normalized spacial score (nSPS) is 21.7. The first kappa shape index (κ1) is 18.9. The van der Waals surface area contributed by atoms with Gasteiger partial charge in [-0.1, -0.05) is 13.3 Å². The second kappa shape index (κ2) is 10.5. The highest BCUT2D eigenvalue weighted by Crippen LogP contribution is 2.27. The number of ether oxygens (including phenoxy) is 3. The Morgan fingerprint density at radius 2 is 1.82 bits per heavy atom. The van der Waals surface area contributed by atoms with E-state index in [1.54, 1.807) is 24.0 Å². The Labute approximate surface area is 132 Å². The van der Waals surface area contributed by atoms with E-state index >= 15 is 0 Å².